The van der Waals surface area contributed by atoms with Crippen LogP contribution >= 0.6 is 0 Å². The molecule has 0 aliphatic carbocycles. The van der Waals surface area contributed by atoms with Gasteiger partial charge in [0.15, 0.2) is 0 Å². The van der Waals surface area contributed by atoms with Crippen LogP contribution in [0.4, 0.5) is 5.82 Å². The van der Waals surface area contributed by atoms with Crippen LogP contribution in [0.2, 0.25) is 0 Å². The highest BCUT2D eigenvalue weighted by atomic mass is 16.1. The molecule has 0 radical (unpaired) electrons. The average molecular weight is 297 g/mol. The molecule has 3 aromatic rings. The summed E-state index contributed by atoms with van der Waals surface area (Å²) in [4.78, 5) is 23.9. The van der Waals surface area contributed by atoms with Gasteiger partial charge in [-0.3, -0.25) is 14.3 Å². The van der Waals surface area contributed by atoms with Gasteiger partial charge in [0.2, 0.25) is 5.91 Å². The van der Waals surface area contributed by atoms with Crippen LogP contribution in [0.25, 0.3) is 10.8 Å². The van der Waals surface area contributed by atoms with E-state index in [9.17, 15) is 9.59 Å². The van der Waals surface area contributed by atoms with Gasteiger partial charge < -0.3 is 5.32 Å². The van der Waals surface area contributed by atoms with Gasteiger partial charge in [-0.2, -0.15) is 10.2 Å². The summed E-state index contributed by atoms with van der Waals surface area (Å²) in [5, 5.41) is 14.6. The molecule has 0 fully saturated rings. The van der Waals surface area contributed by atoms with Gasteiger partial charge >= 0.3 is 0 Å². The van der Waals surface area contributed by atoms with E-state index in [1.165, 1.54) is 0 Å². The molecule has 3 rings (SSSR count). The highest BCUT2D eigenvalue weighted by Crippen LogP contribution is 2.14. The zero-order valence-electron chi connectivity index (χ0n) is 12.3. The maximum atomic E-state index is 12.2. The molecular weight excluding hydrogens is 282 g/mol. The molecule has 0 spiro atoms. The molecule has 0 saturated heterocycles. The fraction of sp³-hybridized carbons (Fsp3) is 0.200. The van der Waals surface area contributed by atoms with Gasteiger partial charge in [-0.25, -0.2) is 5.10 Å². The first kappa shape index (κ1) is 14.0. The Balaban J connectivity index is 1.87. The van der Waals surface area contributed by atoms with Crippen molar-refractivity contribution in [2.45, 2.75) is 13.3 Å². The van der Waals surface area contributed by atoms with E-state index in [0.29, 0.717) is 22.3 Å². The third-order valence-corrected chi connectivity index (χ3v) is 3.37. The minimum Gasteiger partial charge on any atom is -0.311 e. The van der Waals surface area contributed by atoms with Crippen LogP contribution in [0.3, 0.4) is 0 Å². The number of anilines is 1. The molecule has 1 aromatic carbocycles. The Bertz CT molecular complexity index is 910. The fourth-order valence-electron chi connectivity index (χ4n) is 2.37. The molecule has 2 aromatic heterocycles. The van der Waals surface area contributed by atoms with Crippen molar-refractivity contribution in [1.29, 1.82) is 0 Å². The number of nitrogens with zero attached hydrogens (tertiary/aromatic N) is 3. The van der Waals surface area contributed by atoms with Crippen molar-refractivity contribution in [3.05, 3.63) is 52.1 Å². The maximum absolute atomic E-state index is 12.2. The number of fused-ring (bicyclic) bond motifs is 1. The van der Waals surface area contributed by atoms with E-state index < -0.39 is 0 Å². The highest BCUT2D eigenvalue weighted by Gasteiger charge is 2.12. The van der Waals surface area contributed by atoms with Crippen LogP contribution < -0.4 is 10.9 Å². The molecule has 2 N–H and O–H groups in total. The molecule has 2 heterocycles. The normalized spacial score (nSPS) is 10.8. The Labute approximate surface area is 126 Å². The van der Waals surface area contributed by atoms with Crippen molar-refractivity contribution in [1.82, 2.24) is 20.0 Å². The minimum atomic E-state index is -0.262. The van der Waals surface area contributed by atoms with E-state index in [1.54, 1.807) is 36.0 Å². The van der Waals surface area contributed by atoms with Crippen molar-refractivity contribution >= 4 is 22.5 Å². The van der Waals surface area contributed by atoms with Crippen molar-refractivity contribution in [2.24, 2.45) is 7.05 Å². The average Bonchev–Trinajstić information content (AvgIpc) is 2.80. The molecule has 0 unspecified atom stereocenters. The number of nitrogens with one attached hydrogen (secondary N) is 2. The molecule has 112 valence electrons. The zero-order valence-corrected chi connectivity index (χ0v) is 12.3. The van der Waals surface area contributed by atoms with Crippen LogP contribution in [0.1, 0.15) is 11.4 Å². The number of aromatic nitrogens is 4. The second kappa shape index (κ2) is 5.44. The van der Waals surface area contributed by atoms with Crippen molar-refractivity contribution in [2.75, 3.05) is 5.32 Å². The minimum absolute atomic E-state index is 0.0710. The summed E-state index contributed by atoms with van der Waals surface area (Å²) in [5.74, 6) is 0.406. The monoisotopic (exact) mass is 297 g/mol. The summed E-state index contributed by atoms with van der Waals surface area (Å²) < 4.78 is 1.60. The van der Waals surface area contributed by atoms with Crippen molar-refractivity contribution in [3.63, 3.8) is 0 Å². The molecule has 0 bridgehead atoms. The first-order chi connectivity index (χ1) is 10.5. The molecule has 7 heteroatoms. The highest BCUT2D eigenvalue weighted by molar-refractivity contribution is 5.94. The van der Waals surface area contributed by atoms with Gasteiger partial charge in [-0.05, 0) is 13.0 Å². The predicted molar refractivity (Wildman–Crippen MR) is 82.6 cm³/mol. The van der Waals surface area contributed by atoms with Gasteiger partial charge in [0.05, 0.1) is 23.2 Å². The number of benzene rings is 1. The maximum Gasteiger partial charge on any atom is 0.272 e. The molecule has 22 heavy (non-hydrogen) atoms. The summed E-state index contributed by atoms with van der Waals surface area (Å²) in [7, 11) is 1.76. The van der Waals surface area contributed by atoms with Crippen LogP contribution in [-0.4, -0.2) is 25.9 Å². The fourth-order valence-corrected chi connectivity index (χ4v) is 2.37. The number of hydrogen-bond donors (Lipinski definition) is 2. The second-order valence-electron chi connectivity index (χ2n) is 5.06. The van der Waals surface area contributed by atoms with Gasteiger partial charge in [0.25, 0.3) is 5.56 Å². The summed E-state index contributed by atoms with van der Waals surface area (Å²) in [6.07, 6.45) is 0.0710. The van der Waals surface area contributed by atoms with Gasteiger partial charge in [0.1, 0.15) is 5.82 Å². The van der Waals surface area contributed by atoms with Crippen LogP contribution in [0.5, 0.6) is 0 Å². The third-order valence-electron chi connectivity index (χ3n) is 3.37. The number of H-pyrrole nitrogens is 1. The SMILES string of the molecule is Cc1cc(NC(=O)Cc2n[nH]c(=O)c3ccccc23)n(C)n1. The van der Waals surface area contributed by atoms with E-state index >= 15 is 0 Å². The lowest BCUT2D eigenvalue weighted by molar-refractivity contribution is -0.115. The molecule has 7 nitrogen and oxygen atoms in total. The summed E-state index contributed by atoms with van der Waals surface area (Å²) in [6, 6.07) is 8.88. The number of rotatable bonds is 3. The van der Waals surface area contributed by atoms with E-state index in [0.717, 1.165) is 5.69 Å². The summed E-state index contributed by atoms with van der Waals surface area (Å²) in [6.45, 7) is 1.85. The van der Waals surface area contributed by atoms with Crippen LogP contribution in [-0.2, 0) is 18.3 Å². The molecule has 0 saturated carbocycles. The van der Waals surface area contributed by atoms with E-state index in [2.05, 4.69) is 20.6 Å². The molecule has 0 atom stereocenters. The standard InChI is InChI=1S/C15H15N5O2/c1-9-7-13(20(2)19-9)16-14(21)8-12-10-5-3-4-6-11(10)15(22)18-17-12/h3-7H,8H2,1-2H3,(H,16,21)(H,18,22). The summed E-state index contributed by atoms with van der Waals surface area (Å²) in [5.41, 5.74) is 1.10. The number of carbonyl (C=O) groups excluding carboxylic acids is 1. The molecule has 1 amide bonds. The quantitative estimate of drug-likeness (QED) is 0.758. The van der Waals surface area contributed by atoms with Crippen LogP contribution in [0.15, 0.2) is 35.1 Å². The van der Waals surface area contributed by atoms with Crippen molar-refractivity contribution in [3.8, 4) is 0 Å². The zero-order chi connectivity index (χ0) is 15.7. The topological polar surface area (TPSA) is 92.7 Å². The molecular formula is C15H15N5O2. The van der Waals surface area contributed by atoms with E-state index in [1.807, 2.05) is 13.0 Å². The van der Waals surface area contributed by atoms with Gasteiger partial charge in [-0.1, -0.05) is 18.2 Å². The number of aromatic amines is 1. The molecule has 0 aliphatic heterocycles. The lowest BCUT2D eigenvalue weighted by atomic mass is 10.1. The first-order valence-electron chi connectivity index (χ1n) is 6.81. The summed E-state index contributed by atoms with van der Waals surface area (Å²) >= 11 is 0. The van der Waals surface area contributed by atoms with Gasteiger partial charge in [0, 0.05) is 18.5 Å². The Kier molecular flexibility index (Phi) is 3.46. The Morgan fingerprint density at radius 2 is 2.05 bits per heavy atom. The lowest BCUT2D eigenvalue weighted by Gasteiger charge is -2.06. The van der Waals surface area contributed by atoms with Crippen molar-refractivity contribution < 1.29 is 4.79 Å². The van der Waals surface area contributed by atoms with Gasteiger partial charge in [-0.15, -0.1) is 0 Å². The Morgan fingerprint density at radius 3 is 2.73 bits per heavy atom. The smallest absolute Gasteiger partial charge is 0.272 e. The number of amides is 1. The second-order valence-corrected chi connectivity index (χ2v) is 5.06. The molecule has 0 aliphatic rings. The third kappa shape index (κ3) is 2.60. The largest absolute Gasteiger partial charge is 0.311 e. The van der Waals surface area contributed by atoms with E-state index in [-0.39, 0.29) is 17.9 Å². The Morgan fingerprint density at radius 1 is 1.32 bits per heavy atom. The Hall–Kier alpha value is -2.96. The predicted octanol–water partition coefficient (Wildman–Crippen LogP) is 1.15. The van der Waals surface area contributed by atoms with E-state index in [4.69, 9.17) is 0 Å². The first-order valence-corrected chi connectivity index (χ1v) is 6.81. The lowest BCUT2D eigenvalue weighted by Crippen LogP contribution is -2.19. The number of hydrogen-bond acceptors (Lipinski definition) is 4. The number of carbonyl (C=O) groups is 1. The van der Waals surface area contributed by atoms with Crippen LogP contribution in [0, 0.1) is 6.92 Å². The number of aryl methyl sites for hydroxylation is 2.